The maximum absolute atomic E-state index is 11.9. The zero-order valence-corrected chi connectivity index (χ0v) is 13.7. The smallest absolute Gasteiger partial charge is 0.308 e. The number of carbonyl (C=O) groups excluding carboxylic acids is 1. The van der Waals surface area contributed by atoms with Crippen molar-refractivity contribution in [2.45, 2.75) is 13.0 Å². The molecule has 1 saturated heterocycles. The van der Waals surface area contributed by atoms with Crippen LogP contribution in [-0.2, 0) is 16.2 Å². The van der Waals surface area contributed by atoms with Crippen molar-refractivity contribution in [3.63, 3.8) is 0 Å². The van der Waals surface area contributed by atoms with Crippen molar-refractivity contribution in [1.82, 2.24) is 0 Å². The van der Waals surface area contributed by atoms with E-state index in [0.29, 0.717) is 11.4 Å². The predicted octanol–water partition coefficient (Wildman–Crippen LogP) is 2.61. The van der Waals surface area contributed by atoms with Crippen LogP contribution in [0.2, 0.25) is 0 Å². The van der Waals surface area contributed by atoms with Gasteiger partial charge in [-0.05, 0) is 42.0 Å². The summed E-state index contributed by atoms with van der Waals surface area (Å²) < 4.78 is 5.63. The van der Waals surface area contributed by atoms with Crippen molar-refractivity contribution >= 4 is 23.3 Å². The number of hydrogen-bond acceptors (Lipinski definition) is 5. The second-order valence-electron chi connectivity index (χ2n) is 5.95. The number of ether oxygens (including phenoxy) is 1. The van der Waals surface area contributed by atoms with Gasteiger partial charge < -0.3 is 14.7 Å². The highest BCUT2D eigenvalue weighted by Gasteiger charge is 2.34. The molecule has 1 fully saturated rings. The average molecular weight is 356 g/mol. The molecule has 1 N–H and O–H groups in total. The average Bonchev–Trinajstić information content (AvgIpc) is 3.03. The summed E-state index contributed by atoms with van der Waals surface area (Å²) in [4.78, 5) is 34.6. The number of nitrogens with zero attached hydrogens (tertiary/aromatic N) is 2. The van der Waals surface area contributed by atoms with E-state index in [1.807, 2.05) is 0 Å². The number of non-ortho nitro benzene ring substituents is 1. The number of benzene rings is 2. The molecule has 1 aliphatic heterocycles. The van der Waals surface area contributed by atoms with Gasteiger partial charge in [-0.2, -0.15) is 0 Å². The van der Waals surface area contributed by atoms with E-state index in [1.165, 1.54) is 17.0 Å². The fourth-order valence-corrected chi connectivity index (χ4v) is 2.73. The second kappa shape index (κ2) is 7.22. The predicted molar refractivity (Wildman–Crippen MR) is 92.0 cm³/mol. The molecule has 26 heavy (non-hydrogen) atoms. The normalized spacial score (nSPS) is 16.5. The first-order valence-corrected chi connectivity index (χ1v) is 7.93. The van der Waals surface area contributed by atoms with Crippen LogP contribution < -0.4 is 9.64 Å². The Morgan fingerprint density at radius 3 is 2.38 bits per heavy atom. The Hall–Kier alpha value is -3.42. The molecule has 1 atom stereocenters. The van der Waals surface area contributed by atoms with Gasteiger partial charge in [0.1, 0.15) is 12.4 Å². The topological polar surface area (TPSA) is 110 Å². The molecule has 0 aliphatic carbocycles. The molecule has 8 heteroatoms. The van der Waals surface area contributed by atoms with Gasteiger partial charge in [0, 0.05) is 30.8 Å². The lowest BCUT2D eigenvalue weighted by Crippen LogP contribution is -2.25. The number of nitro groups is 1. The van der Waals surface area contributed by atoms with E-state index in [0.717, 1.165) is 5.56 Å². The van der Waals surface area contributed by atoms with E-state index >= 15 is 0 Å². The summed E-state index contributed by atoms with van der Waals surface area (Å²) in [5.74, 6) is -1.28. The van der Waals surface area contributed by atoms with E-state index < -0.39 is 16.8 Å². The van der Waals surface area contributed by atoms with E-state index in [9.17, 15) is 19.7 Å². The zero-order valence-electron chi connectivity index (χ0n) is 13.7. The summed E-state index contributed by atoms with van der Waals surface area (Å²) >= 11 is 0. The highest BCUT2D eigenvalue weighted by Crippen LogP contribution is 2.27. The maximum atomic E-state index is 11.9. The number of rotatable bonds is 6. The molecule has 0 unspecified atom stereocenters. The van der Waals surface area contributed by atoms with Crippen LogP contribution in [0.25, 0.3) is 0 Å². The molecule has 8 nitrogen and oxygen atoms in total. The Morgan fingerprint density at radius 2 is 1.85 bits per heavy atom. The van der Waals surface area contributed by atoms with E-state index in [1.54, 1.807) is 36.4 Å². The first-order valence-electron chi connectivity index (χ1n) is 7.93. The molecule has 1 aliphatic rings. The molecule has 1 heterocycles. The summed E-state index contributed by atoms with van der Waals surface area (Å²) in [7, 11) is 0. The fourth-order valence-electron chi connectivity index (χ4n) is 2.73. The number of nitro benzene ring substituents is 1. The number of carbonyl (C=O) groups is 2. The van der Waals surface area contributed by atoms with Gasteiger partial charge in [-0.15, -0.1) is 0 Å². The quantitative estimate of drug-likeness (QED) is 0.629. The van der Waals surface area contributed by atoms with Gasteiger partial charge in [-0.3, -0.25) is 19.7 Å². The van der Waals surface area contributed by atoms with Crippen molar-refractivity contribution in [1.29, 1.82) is 0 Å². The molecule has 0 spiro atoms. The molecule has 0 aromatic heterocycles. The van der Waals surface area contributed by atoms with Crippen molar-refractivity contribution in [3.05, 3.63) is 64.2 Å². The summed E-state index contributed by atoms with van der Waals surface area (Å²) in [5.41, 5.74) is 1.44. The van der Waals surface area contributed by atoms with Gasteiger partial charge >= 0.3 is 5.97 Å². The molecular formula is C18H16N2O6. The third-order valence-electron chi connectivity index (χ3n) is 4.18. The molecule has 134 valence electrons. The number of hydrogen-bond donors (Lipinski definition) is 1. The first-order chi connectivity index (χ1) is 12.4. The van der Waals surface area contributed by atoms with Gasteiger partial charge in [0.15, 0.2) is 0 Å². The Balaban J connectivity index is 1.60. The third-order valence-corrected chi connectivity index (χ3v) is 4.18. The fraction of sp³-hybridized carbons (Fsp3) is 0.222. The summed E-state index contributed by atoms with van der Waals surface area (Å²) in [6.45, 7) is 0.415. The van der Waals surface area contributed by atoms with Crippen molar-refractivity contribution in [2.24, 2.45) is 5.92 Å². The zero-order chi connectivity index (χ0) is 18.7. The SMILES string of the molecule is O=C(O)[C@H]1CC(=O)N(c2ccc(OCc3ccc([N+](=O)[O-])cc3)cc2)C1. The largest absolute Gasteiger partial charge is 0.489 e. The number of amides is 1. The lowest BCUT2D eigenvalue weighted by molar-refractivity contribution is -0.384. The third kappa shape index (κ3) is 3.80. The number of aliphatic carboxylic acids is 1. The Labute approximate surface area is 148 Å². The van der Waals surface area contributed by atoms with Gasteiger partial charge in [-0.25, -0.2) is 0 Å². The maximum Gasteiger partial charge on any atom is 0.308 e. The number of carboxylic acid groups (broad SMARTS) is 1. The van der Waals surface area contributed by atoms with Gasteiger partial charge in [0.25, 0.3) is 5.69 Å². The molecule has 0 saturated carbocycles. The van der Waals surface area contributed by atoms with Crippen LogP contribution in [0.1, 0.15) is 12.0 Å². The number of anilines is 1. The molecule has 0 radical (unpaired) electrons. The molecule has 1 amide bonds. The Morgan fingerprint density at radius 1 is 1.19 bits per heavy atom. The Kier molecular flexibility index (Phi) is 4.83. The van der Waals surface area contributed by atoms with Gasteiger partial charge in [0.05, 0.1) is 10.8 Å². The minimum atomic E-state index is -0.969. The van der Waals surface area contributed by atoms with Crippen LogP contribution in [0, 0.1) is 16.0 Å². The van der Waals surface area contributed by atoms with Crippen LogP contribution in [0.15, 0.2) is 48.5 Å². The van der Waals surface area contributed by atoms with Gasteiger partial charge in [0.2, 0.25) is 5.91 Å². The monoisotopic (exact) mass is 356 g/mol. The molecular weight excluding hydrogens is 340 g/mol. The first kappa shape index (κ1) is 17.4. The van der Waals surface area contributed by atoms with Gasteiger partial charge in [-0.1, -0.05) is 0 Å². The van der Waals surface area contributed by atoms with Crippen LogP contribution in [0.5, 0.6) is 5.75 Å². The minimum absolute atomic E-state index is 0.00767. The summed E-state index contributed by atoms with van der Waals surface area (Å²) in [6, 6.07) is 12.9. The summed E-state index contributed by atoms with van der Waals surface area (Å²) in [5, 5.41) is 19.7. The lowest BCUT2D eigenvalue weighted by Gasteiger charge is -2.16. The number of carboxylic acids is 1. The highest BCUT2D eigenvalue weighted by atomic mass is 16.6. The van der Waals surface area contributed by atoms with Crippen molar-refractivity contribution in [3.8, 4) is 5.75 Å². The standard InChI is InChI=1S/C18H16N2O6/c21-17-9-13(18(22)23)10-19(17)14-5-7-16(8-6-14)26-11-12-1-3-15(4-2-12)20(24)25/h1-8,13H,9-11H2,(H,22,23)/t13-/m0/s1. The molecule has 0 bridgehead atoms. The van der Waals surface area contributed by atoms with Crippen molar-refractivity contribution < 1.29 is 24.4 Å². The van der Waals surface area contributed by atoms with Crippen molar-refractivity contribution in [2.75, 3.05) is 11.4 Å². The highest BCUT2D eigenvalue weighted by molar-refractivity contribution is 5.99. The van der Waals surface area contributed by atoms with Crippen LogP contribution in [0.4, 0.5) is 11.4 Å². The van der Waals surface area contributed by atoms with E-state index in [4.69, 9.17) is 9.84 Å². The molecule has 2 aromatic rings. The van der Waals surface area contributed by atoms with Crippen LogP contribution >= 0.6 is 0 Å². The summed E-state index contributed by atoms with van der Waals surface area (Å²) in [6.07, 6.45) is 0.00767. The molecule has 2 aromatic carbocycles. The van der Waals surface area contributed by atoms with E-state index in [2.05, 4.69) is 0 Å². The van der Waals surface area contributed by atoms with Crippen LogP contribution in [-0.4, -0.2) is 28.5 Å². The second-order valence-corrected chi connectivity index (χ2v) is 5.95. The van der Waals surface area contributed by atoms with E-state index in [-0.39, 0.29) is 31.2 Å². The van der Waals surface area contributed by atoms with Crippen LogP contribution in [0.3, 0.4) is 0 Å². The minimum Gasteiger partial charge on any atom is -0.489 e. The lowest BCUT2D eigenvalue weighted by atomic mass is 10.1. The Bertz CT molecular complexity index is 832. The molecule has 3 rings (SSSR count).